The first-order valence-electron chi connectivity index (χ1n) is 8.52. The molecule has 2 heterocycles. The lowest BCUT2D eigenvalue weighted by Gasteiger charge is -2.11. The Hall–Kier alpha value is -2.03. The molecule has 0 aliphatic heterocycles. The molecule has 5 nitrogen and oxygen atoms in total. The van der Waals surface area contributed by atoms with Gasteiger partial charge in [0.1, 0.15) is 17.2 Å². The zero-order valence-electron chi connectivity index (χ0n) is 15.1. The maximum Gasteiger partial charge on any atom is 0.233 e. The molecule has 27 heavy (non-hydrogen) atoms. The number of amides is 1. The molecule has 142 valence electrons. The van der Waals surface area contributed by atoms with E-state index in [-0.39, 0.29) is 17.0 Å². The number of methoxy groups -OCH3 is 1. The number of nitrogens with zero attached hydrogens (tertiary/aromatic N) is 2. The molecule has 0 bridgehead atoms. The Labute approximate surface area is 165 Å². The number of thioether (sulfide) groups is 1. The van der Waals surface area contributed by atoms with E-state index in [1.54, 1.807) is 30.6 Å². The molecule has 1 amide bonds. The van der Waals surface area contributed by atoms with Crippen molar-refractivity contribution in [3.8, 4) is 10.4 Å². The summed E-state index contributed by atoms with van der Waals surface area (Å²) < 4.78 is 19.1. The van der Waals surface area contributed by atoms with Crippen molar-refractivity contribution in [1.82, 2.24) is 15.3 Å². The van der Waals surface area contributed by atoms with Gasteiger partial charge in [-0.15, -0.1) is 11.3 Å². The molecule has 1 aromatic carbocycles. The van der Waals surface area contributed by atoms with Gasteiger partial charge in [-0.05, 0) is 37.1 Å². The molecule has 3 aromatic rings. The number of hydrogen-bond donors (Lipinski definition) is 1. The number of fused-ring (bicyclic) bond motifs is 1. The molecule has 1 N–H and O–H groups in total. The number of thiophene rings is 1. The molecule has 0 radical (unpaired) electrons. The molecule has 0 spiro atoms. The molecule has 0 saturated heterocycles. The van der Waals surface area contributed by atoms with Gasteiger partial charge in [-0.1, -0.05) is 23.9 Å². The number of carbonyl (C=O) groups is 1. The summed E-state index contributed by atoms with van der Waals surface area (Å²) >= 11 is 2.96. The van der Waals surface area contributed by atoms with Crippen LogP contribution >= 0.6 is 23.1 Å². The van der Waals surface area contributed by atoms with Gasteiger partial charge in [-0.2, -0.15) is 0 Å². The highest BCUT2D eigenvalue weighted by Gasteiger charge is 2.18. The average Bonchev–Trinajstić information content (AvgIpc) is 3.11. The van der Waals surface area contributed by atoms with Crippen LogP contribution in [0.2, 0.25) is 0 Å². The van der Waals surface area contributed by atoms with Crippen molar-refractivity contribution in [2.24, 2.45) is 0 Å². The third-order valence-electron chi connectivity index (χ3n) is 3.89. The number of nitrogens with one attached hydrogen (secondary N) is 1. The predicted molar refractivity (Wildman–Crippen MR) is 108 cm³/mol. The quantitative estimate of drug-likeness (QED) is 0.347. The maximum atomic E-state index is 13.2. The van der Waals surface area contributed by atoms with E-state index < -0.39 is 0 Å². The van der Waals surface area contributed by atoms with Crippen LogP contribution in [-0.4, -0.2) is 41.4 Å². The largest absolute Gasteiger partial charge is 0.385 e. The molecule has 1 atom stereocenters. The van der Waals surface area contributed by atoms with Crippen molar-refractivity contribution in [3.05, 3.63) is 42.5 Å². The van der Waals surface area contributed by atoms with Crippen LogP contribution in [0.15, 0.2) is 41.7 Å². The van der Waals surface area contributed by atoms with Crippen molar-refractivity contribution in [3.63, 3.8) is 0 Å². The van der Waals surface area contributed by atoms with Gasteiger partial charge in [0.2, 0.25) is 5.91 Å². The topological polar surface area (TPSA) is 64.1 Å². The molecule has 3 rings (SSSR count). The fourth-order valence-electron chi connectivity index (χ4n) is 2.47. The van der Waals surface area contributed by atoms with Gasteiger partial charge in [0, 0.05) is 25.1 Å². The summed E-state index contributed by atoms with van der Waals surface area (Å²) in [6.45, 7) is 3.07. The molecule has 0 aliphatic carbocycles. The number of carbonyl (C=O) groups excluding carboxylic acids is 1. The second-order valence-electron chi connectivity index (χ2n) is 5.91. The lowest BCUT2D eigenvalue weighted by Crippen LogP contribution is -2.32. The number of aromatic nitrogens is 2. The van der Waals surface area contributed by atoms with Gasteiger partial charge >= 0.3 is 0 Å². The van der Waals surface area contributed by atoms with E-state index in [2.05, 4.69) is 15.3 Å². The highest BCUT2D eigenvalue weighted by molar-refractivity contribution is 8.00. The maximum absolute atomic E-state index is 13.2. The molecule has 2 aromatic heterocycles. The van der Waals surface area contributed by atoms with Crippen LogP contribution in [0.25, 0.3) is 20.7 Å². The van der Waals surface area contributed by atoms with Crippen LogP contribution in [-0.2, 0) is 9.53 Å². The first-order valence-corrected chi connectivity index (χ1v) is 10.2. The van der Waals surface area contributed by atoms with Crippen LogP contribution in [0.1, 0.15) is 13.3 Å². The number of benzene rings is 1. The van der Waals surface area contributed by atoms with Crippen LogP contribution in [0.4, 0.5) is 4.39 Å². The van der Waals surface area contributed by atoms with Crippen molar-refractivity contribution < 1.29 is 13.9 Å². The van der Waals surface area contributed by atoms with Crippen LogP contribution < -0.4 is 5.32 Å². The summed E-state index contributed by atoms with van der Waals surface area (Å²) in [7, 11) is 1.64. The van der Waals surface area contributed by atoms with Crippen molar-refractivity contribution in [1.29, 1.82) is 0 Å². The minimum atomic E-state index is -0.276. The number of rotatable bonds is 8. The minimum absolute atomic E-state index is 0.0295. The second kappa shape index (κ2) is 9.25. The molecule has 8 heteroatoms. The fourth-order valence-corrected chi connectivity index (χ4v) is 4.58. The second-order valence-corrected chi connectivity index (χ2v) is 8.29. The van der Waals surface area contributed by atoms with Crippen LogP contribution in [0.5, 0.6) is 0 Å². The summed E-state index contributed by atoms with van der Waals surface area (Å²) in [6, 6.07) is 8.34. The summed E-state index contributed by atoms with van der Waals surface area (Å²) in [5, 5.41) is 3.41. The van der Waals surface area contributed by atoms with Gasteiger partial charge in [0.15, 0.2) is 0 Å². The highest BCUT2D eigenvalue weighted by Crippen LogP contribution is 2.38. The first-order chi connectivity index (χ1) is 13.1. The number of hydrogen-bond acceptors (Lipinski definition) is 6. The zero-order valence-corrected chi connectivity index (χ0v) is 16.7. The standard InChI is InChI=1S/C19H20FN3O2S2/c1-12(18(24)21-8-3-9-25-2)26-19-17-15(22-11-23-19)10-16(27-17)13-4-6-14(20)7-5-13/h4-7,10-12H,3,8-9H2,1-2H3,(H,21,24). The first kappa shape index (κ1) is 19.7. The fraction of sp³-hybridized carbons (Fsp3) is 0.316. The van der Waals surface area contributed by atoms with Gasteiger partial charge in [0.25, 0.3) is 0 Å². The Balaban J connectivity index is 1.75. The van der Waals surface area contributed by atoms with Crippen molar-refractivity contribution in [2.75, 3.05) is 20.3 Å². The summed E-state index contributed by atoms with van der Waals surface area (Å²) in [5.41, 5.74) is 1.75. The lowest BCUT2D eigenvalue weighted by atomic mass is 10.2. The van der Waals surface area contributed by atoms with E-state index in [1.807, 2.05) is 13.0 Å². The Morgan fingerprint density at radius 1 is 1.33 bits per heavy atom. The molecular formula is C19H20FN3O2S2. The smallest absolute Gasteiger partial charge is 0.233 e. The molecule has 1 unspecified atom stereocenters. The van der Waals surface area contributed by atoms with Gasteiger partial charge in [-0.25, -0.2) is 14.4 Å². The van der Waals surface area contributed by atoms with E-state index in [0.717, 1.165) is 32.1 Å². The SMILES string of the molecule is COCCCNC(=O)C(C)Sc1ncnc2cc(-c3ccc(F)cc3)sc12. The Kier molecular flexibility index (Phi) is 6.76. The van der Waals surface area contributed by atoms with Gasteiger partial charge < -0.3 is 10.1 Å². The van der Waals surface area contributed by atoms with E-state index in [4.69, 9.17) is 4.74 Å². The molecule has 0 saturated carbocycles. The predicted octanol–water partition coefficient (Wildman–Crippen LogP) is 4.13. The summed E-state index contributed by atoms with van der Waals surface area (Å²) in [6.07, 6.45) is 2.29. The summed E-state index contributed by atoms with van der Waals surface area (Å²) in [4.78, 5) is 21.9. The highest BCUT2D eigenvalue weighted by atomic mass is 32.2. The van der Waals surface area contributed by atoms with Crippen LogP contribution in [0.3, 0.4) is 0 Å². The molecule has 0 fully saturated rings. The Morgan fingerprint density at radius 3 is 2.85 bits per heavy atom. The normalized spacial score (nSPS) is 12.3. The lowest BCUT2D eigenvalue weighted by molar-refractivity contribution is -0.120. The number of ether oxygens (including phenoxy) is 1. The zero-order chi connectivity index (χ0) is 19.2. The monoisotopic (exact) mass is 405 g/mol. The van der Waals surface area contributed by atoms with Crippen LogP contribution in [0, 0.1) is 5.82 Å². The van der Waals surface area contributed by atoms with E-state index in [9.17, 15) is 9.18 Å². The van der Waals surface area contributed by atoms with E-state index >= 15 is 0 Å². The van der Waals surface area contributed by atoms with Gasteiger partial charge in [0.05, 0.1) is 15.5 Å². The average molecular weight is 406 g/mol. The Morgan fingerprint density at radius 2 is 2.11 bits per heavy atom. The van der Waals surface area contributed by atoms with E-state index in [0.29, 0.717) is 13.2 Å². The number of halogens is 1. The van der Waals surface area contributed by atoms with Crippen molar-refractivity contribution in [2.45, 2.75) is 23.6 Å². The third kappa shape index (κ3) is 5.03. The van der Waals surface area contributed by atoms with Crippen molar-refractivity contribution >= 4 is 39.2 Å². The Bertz CT molecular complexity index is 915. The van der Waals surface area contributed by atoms with Gasteiger partial charge in [-0.3, -0.25) is 4.79 Å². The minimum Gasteiger partial charge on any atom is -0.385 e. The summed E-state index contributed by atoms with van der Waals surface area (Å²) in [5.74, 6) is -0.292. The van der Waals surface area contributed by atoms with E-state index in [1.165, 1.54) is 30.2 Å². The third-order valence-corrected chi connectivity index (χ3v) is 6.30. The molecular weight excluding hydrogens is 385 g/mol. The molecule has 0 aliphatic rings.